The van der Waals surface area contributed by atoms with E-state index in [4.69, 9.17) is 0 Å². The van der Waals surface area contributed by atoms with Gasteiger partial charge in [0.15, 0.2) is 0 Å². The molecule has 29 heavy (non-hydrogen) atoms. The summed E-state index contributed by atoms with van der Waals surface area (Å²) >= 11 is 0. The van der Waals surface area contributed by atoms with Gasteiger partial charge in [-0.05, 0) is 54.4 Å². The van der Waals surface area contributed by atoms with Crippen LogP contribution in [-0.2, 0) is 22.6 Å². The third-order valence-corrected chi connectivity index (χ3v) is 4.90. The lowest BCUT2D eigenvalue weighted by atomic mass is 9.99. The summed E-state index contributed by atoms with van der Waals surface area (Å²) in [5.74, 6) is -1.30. The molecule has 0 aliphatic carbocycles. The number of carbonyl (C=O) groups excluding carboxylic acids is 3. The van der Waals surface area contributed by atoms with E-state index in [-0.39, 0.29) is 42.8 Å². The number of amides is 3. The van der Waals surface area contributed by atoms with Gasteiger partial charge in [-0.25, -0.2) is 9.40 Å². The number of hydrogen-bond acceptors (Lipinski definition) is 4. The number of rotatable bonds is 3. The molecule has 1 saturated heterocycles. The number of nitrogens with zero attached hydrogens (tertiary/aromatic N) is 1. The Morgan fingerprint density at radius 2 is 1.79 bits per heavy atom. The van der Waals surface area contributed by atoms with Crippen molar-refractivity contribution in [2.75, 3.05) is 16.9 Å². The molecule has 0 saturated carbocycles. The van der Waals surface area contributed by atoms with Crippen molar-refractivity contribution in [3.63, 3.8) is 0 Å². The number of nitrogens with one attached hydrogen (secondary N) is 3. The van der Waals surface area contributed by atoms with Crippen LogP contribution in [-0.4, -0.2) is 24.3 Å². The number of benzene rings is 2. The molecule has 1 fully saturated rings. The average Bonchev–Trinajstić information content (AvgIpc) is 2.72. The molecule has 0 aromatic heterocycles. The highest BCUT2D eigenvalue weighted by Gasteiger charge is 2.24. The minimum Gasteiger partial charge on any atom is -0.319 e. The summed E-state index contributed by atoms with van der Waals surface area (Å²) in [5.41, 5.74) is 4.95. The minimum absolute atomic E-state index is 0. The zero-order chi connectivity index (χ0) is 19.7. The maximum absolute atomic E-state index is 14.7. The van der Waals surface area contributed by atoms with E-state index >= 15 is 0 Å². The molecule has 0 radical (unpaired) electrons. The van der Waals surface area contributed by atoms with Crippen LogP contribution in [0, 0.1) is 5.82 Å². The van der Waals surface area contributed by atoms with Gasteiger partial charge < -0.3 is 10.6 Å². The van der Waals surface area contributed by atoms with Crippen molar-refractivity contribution in [3.8, 4) is 0 Å². The standard InChI is InChI=1S/C20H19FN4O3.ClH/c21-19-15-9-10-22-11-13(15)3-6-16(19)23-20(28)12-1-4-14(5-2-12)25-18(27)8-7-17(26)24-25;/h1-6,22H,7-11H2,(H,23,28)(H,24,26);1H. The van der Waals surface area contributed by atoms with Crippen LogP contribution in [0.4, 0.5) is 15.8 Å². The third kappa shape index (κ3) is 4.23. The molecule has 9 heteroatoms. The Labute approximate surface area is 173 Å². The Bertz CT molecular complexity index is 965. The molecule has 0 spiro atoms. The third-order valence-electron chi connectivity index (χ3n) is 4.90. The van der Waals surface area contributed by atoms with E-state index in [0.29, 0.717) is 36.3 Å². The molecule has 0 bridgehead atoms. The Balaban J connectivity index is 0.00000240. The molecule has 4 rings (SSSR count). The van der Waals surface area contributed by atoms with Crippen LogP contribution in [0.3, 0.4) is 0 Å². The molecule has 7 nitrogen and oxygen atoms in total. The second-order valence-electron chi connectivity index (χ2n) is 6.76. The Kier molecular flexibility index (Phi) is 6.14. The van der Waals surface area contributed by atoms with Gasteiger partial charge in [0.05, 0.1) is 11.4 Å². The van der Waals surface area contributed by atoms with Gasteiger partial charge in [0, 0.05) is 24.9 Å². The normalized spacial score (nSPS) is 15.8. The topological polar surface area (TPSA) is 90.5 Å². The monoisotopic (exact) mass is 418 g/mol. The lowest BCUT2D eigenvalue weighted by molar-refractivity contribution is -0.130. The van der Waals surface area contributed by atoms with Crippen LogP contribution >= 0.6 is 12.4 Å². The molecule has 2 aromatic carbocycles. The molecule has 3 amide bonds. The second kappa shape index (κ2) is 8.59. The summed E-state index contributed by atoms with van der Waals surface area (Å²) in [6.07, 6.45) is 0.884. The number of anilines is 2. The van der Waals surface area contributed by atoms with Crippen molar-refractivity contribution in [3.05, 3.63) is 58.9 Å². The van der Waals surface area contributed by atoms with Crippen LogP contribution in [0.2, 0.25) is 0 Å². The highest BCUT2D eigenvalue weighted by Crippen LogP contribution is 2.25. The van der Waals surface area contributed by atoms with E-state index in [1.807, 2.05) is 6.07 Å². The zero-order valence-corrected chi connectivity index (χ0v) is 16.3. The van der Waals surface area contributed by atoms with E-state index in [1.54, 1.807) is 18.2 Å². The number of hydrazine groups is 1. The summed E-state index contributed by atoms with van der Waals surface area (Å²) in [5, 5.41) is 6.96. The van der Waals surface area contributed by atoms with Crippen LogP contribution in [0.25, 0.3) is 0 Å². The van der Waals surface area contributed by atoms with Crippen LogP contribution in [0.15, 0.2) is 36.4 Å². The number of carbonyl (C=O) groups is 3. The molecule has 152 valence electrons. The van der Waals surface area contributed by atoms with E-state index in [2.05, 4.69) is 16.1 Å². The molecular weight excluding hydrogens is 399 g/mol. The van der Waals surface area contributed by atoms with E-state index in [0.717, 1.165) is 5.56 Å². The lowest BCUT2D eigenvalue weighted by Gasteiger charge is -2.27. The van der Waals surface area contributed by atoms with Crippen molar-refractivity contribution < 1.29 is 18.8 Å². The number of halogens is 2. The Morgan fingerprint density at radius 3 is 2.55 bits per heavy atom. The van der Waals surface area contributed by atoms with E-state index in [1.165, 1.54) is 17.1 Å². The summed E-state index contributed by atoms with van der Waals surface area (Å²) in [4.78, 5) is 35.9. The molecule has 2 aliphatic heterocycles. The molecule has 2 aliphatic rings. The zero-order valence-electron chi connectivity index (χ0n) is 15.5. The van der Waals surface area contributed by atoms with Crippen LogP contribution in [0.1, 0.15) is 34.3 Å². The van der Waals surface area contributed by atoms with Gasteiger partial charge >= 0.3 is 0 Å². The smallest absolute Gasteiger partial charge is 0.255 e. The van der Waals surface area contributed by atoms with Crippen molar-refractivity contribution >= 4 is 41.5 Å². The van der Waals surface area contributed by atoms with E-state index in [9.17, 15) is 18.8 Å². The Hall–Kier alpha value is -2.97. The summed E-state index contributed by atoms with van der Waals surface area (Å²) < 4.78 is 14.7. The molecule has 2 heterocycles. The Morgan fingerprint density at radius 1 is 1.03 bits per heavy atom. The van der Waals surface area contributed by atoms with Gasteiger partial charge in [0.1, 0.15) is 5.82 Å². The highest BCUT2D eigenvalue weighted by molar-refractivity contribution is 6.05. The lowest BCUT2D eigenvalue weighted by Crippen LogP contribution is -2.50. The number of fused-ring (bicyclic) bond motifs is 1. The first-order chi connectivity index (χ1) is 13.5. The SMILES string of the molecule is Cl.O=C1CCC(=O)N(c2ccc(C(=O)Nc3ccc4c(c3F)CCNC4)cc2)N1. The fourth-order valence-electron chi connectivity index (χ4n) is 3.37. The summed E-state index contributed by atoms with van der Waals surface area (Å²) in [6, 6.07) is 9.56. The maximum atomic E-state index is 14.7. The van der Waals surface area contributed by atoms with Gasteiger partial charge in [-0.1, -0.05) is 6.07 Å². The molecule has 0 atom stereocenters. The van der Waals surface area contributed by atoms with E-state index < -0.39 is 11.7 Å². The first-order valence-corrected chi connectivity index (χ1v) is 9.08. The molecule has 3 N–H and O–H groups in total. The predicted molar refractivity (Wildman–Crippen MR) is 108 cm³/mol. The van der Waals surface area contributed by atoms with Crippen molar-refractivity contribution in [1.29, 1.82) is 0 Å². The fourth-order valence-corrected chi connectivity index (χ4v) is 3.37. The first kappa shape index (κ1) is 20.8. The van der Waals surface area contributed by atoms with Crippen LogP contribution in [0.5, 0.6) is 0 Å². The minimum atomic E-state index is -0.451. The van der Waals surface area contributed by atoms with Crippen molar-refractivity contribution in [2.45, 2.75) is 25.8 Å². The van der Waals surface area contributed by atoms with Crippen molar-refractivity contribution in [1.82, 2.24) is 10.7 Å². The quantitative estimate of drug-likeness (QED) is 0.713. The number of hydrogen-bond donors (Lipinski definition) is 3. The summed E-state index contributed by atoms with van der Waals surface area (Å²) in [6.45, 7) is 1.32. The predicted octanol–water partition coefficient (Wildman–Crippen LogP) is 2.30. The van der Waals surface area contributed by atoms with Gasteiger partial charge in [-0.2, -0.15) is 0 Å². The fraction of sp³-hybridized carbons (Fsp3) is 0.250. The molecular formula is C20H20ClFN4O3. The summed E-state index contributed by atoms with van der Waals surface area (Å²) in [7, 11) is 0. The second-order valence-corrected chi connectivity index (χ2v) is 6.76. The largest absolute Gasteiger partial charge is 0.319 e. The van der Waals surface area contributed by atoms with Crippen molar-refractivity contribution in [2.24, 2.45) is 0 Å². The van der Waals surface area contributed by atoms with Crippen LogP contribution < -0.4 is 21.1 Å². The highest BCUT2D eigenvalue weighted by atomic mass is 35.5. The van der Waals surface area contributed by atoms with Gasteiger partial charge in [-0.3, -0.25) is 19.8 Å². The van der Waals surface area contributed by atoms with Gasteiger partial charge in [0.25, 0.3) is 5.91 Å². The van der Waals surface area contributed by atoms with Gasteiger partial charge in [0.2, 0.25) is 11.8 Å². The van der Waals surface area contributed by atoms with Gasteiger partial charge in [-0.15, -0.1) is 12.4 Å². The first-order valence-electron chi connectivity index (χ1n) is 9.08. The molecule has 2 aromatic rings. The average molecular weight is 419 g/mol. The maximum Gasteiger partial charge on any atom is 0.255 e. The molecule has 0 unspecified atom stereocenters.